The van der Waals surface area contributed by atoms with Crippen LogP contribution in [0.4, 0.5) is 0 Å². The Balaban J connectivity index is 1.87. The molecule has 23 heavy (non-hydrogen) atoms. The van der Waals surface area contributed by atoms with E-state index in [0.29, 0.717) is 5.82 Å². The Morgan fingerprint density at radius 3 is 2.70 bits per heavy atom. The molecule has 0 unspecified atom stereocenters. The first-order valence-corrected chi connectivity index (χ1v) is 8.76. The van der Waals surface area contributed by atoms with Crippen LogP contribution >= 0.6 is 23.1 Å². The van der Waals surface area contributed by atoms with Gasteiger partial charge in [-0.3, -0.25) is 4.98 Å². The van der Waals surface area contributed by atoms with Gasteiger partial charge in [0.25, 0.3) is 0 Å². The Morgan fingerprint density at radius 2 is 1.91 bits per heavy atom. The first kappa shape index (κ1) is 14.3. The van der Waals surface area contributed by atoms with Gasteiger partial charge in [0.2, 0.25) is 0 Å². The van der Waals surface area contributed by atoms with Crippen molar-refractivity contribution in [1.82, 2.24) is 19.9 Å². The van der Waals surface area contributed by atoms with Crippen molar-refractivity contribution >= 4 is 34.0 Å². The summed E-state index contributed by atoms with van der Waals surface area (Å²) in [6.07, 6.45) is 3.53. The number of aryl methyl sites for hydroxylation is 1. The van der Waals surface area contributed by atoms with Crippen LogP contribution in [0.15, 0.2) is 63.5 Å². The molecule has 0 fully saturated rings. The number of hydrogen-bond acceptors (Lipinski definition) is 6. The molecule has 0 aliphatic rings. The van der Waals surface area contributed by atoms with E-state index in [1.54, 1.807) is 35.5 Å². The number of nitrogens with zero attached hydrogens (tertiary/aromatic N) is 4. The first-order chi connectivity index (χ1) is 11.3. The highest BCUT2D eigenvalue weighted by Crippen LogP contribution is 2.34. The van der Waals surface area contributed by atoms with Crippen LogP contribution in [0.2, 0.25) is 0 Å². The maximum absolute atomic E-state index is 4.75. The summed E-state index contributed by atoms with van der Waals surface area (Å²) < 4.78 is 0.989. The summed E-state index contributed by atoms with van der Waals surface area (Å²) in [5.41, 5.74) is 2.87. The van der Waals surface area contributed by atoms with Gasteiger partial charge in [0.05, 0.1) is 5.52 Å². The second-order valence-corrected chi connectivity index (χ2v) is 7.06. The lowest BCUT2D eigenvalue weighted by Crippen LogP contribution is -1.94. The summed E-state index contributed by atoms with van der Waals surface area (Å²) in [6, 6.07) is 11.9. The van der Waals surface area contributed by atoms with Gasteiger partial charge in [0.15, 0.2) is 10.2 Å². The number of aromatic nitrogens is 4. The first-order valence-electron chi connectivity index (χ1n) is 7.07. The topological polar surface area (TPSA) is 51.6 Å². The van der Waals surface area contributed by atoms with Crippen LogP contribution in [0.25, 0.3) is 22.3 Å². The van der Waals surface area contributed by atoms with E-state index in [4.69, 9.17) is 4.98 Å². The van der Waals surface area contributed by atoms with Gasteiger partial charge in [0, 0.05) is 34.4 Å². The number of benzene rings is 1. The van der Waals surface area contributed by atoms with Crippen molar-refractivity contribution in [3.8, 4) is 11.4 Å². The number of fused-ring (bicyclic) bond motifs is 1. The van der Waals surface area contributed by atoms with Crippen LogP contribution in [0.5, 0.6) is 0 Å². The van der Waals surface area contributed by atoms with Crippen molar-refractivity contribution in [2.75, 3.05) is 0 Å². The second kappa shape index (κ2) is 6.06. The molecule has 6 heteroatoms. The zero-order valence-electron chi connectivity index (χ0n) is 12.3. The Labute approximate surface area is 141 Å². The van der Waals surface area contributed by atoms with Crippen molar-refractivity contribution in [3.05, 3.63) is 59.9 Å². The van der Waals surface area contributed by atoms with Gasteiger partial charge in [-0.2, -0.15) is 0 Å². The molecule has 0 bridgehead atoms. The van der Waals surface area contributed by atoms with E-state index in [2.05, 4.69) is 15.0 Å². The molecular weight excluding hydrogens is 324 g/mol. The van der Waals surface area contributed by atoms with Crippen molar-refractivity contribution in [3.63, 3.8) is 0 Å². The van der Waals surface area contributed by atoms with Gasteiger partial charge in [-0.1, -0.05) is 18.2 Å². The minimum absolute atomic E-state index is 0.688. The summed E-state index contributed by atoms with van der Waals surface area (Å²) in [6.45, 7) is 2.00. The molecule has 0 N–H and O–H groups in total. The third-order valence-corrected chi connectivity index (χ3v) is 5.33. The highest BCUT2D eigenvalue weighted by atomic mass is 32.2. The predicted molar refractivity (Wildman–Crippen MR) is 93.7 cm³/mol. The van der Waals surface area contributed by atoms with Crippen LogP contribution in [-0.4, -0.2) is 19.9 Å². The Hall–Kier alpha value is -2.31. The molecule has 4 aromatic rings. The third-order valence-electron chi connectivity index (χ3n) is 3.27. The van der Waals surface area contributed by atoms with E-state index in [9.17, 15) is 0 Å². The largest absolute Gasteiger partial charge is 0.264 e. The Bertz CT molecular complexity index is 967. The lowest BCUT2D eigenvalue weighted by Gasteiger charge is -2.07. The van der Waals surface area contributed by atoms with Gasteiger partial charge >= 0.3 is 0 Å². The summed E-state index contributed by atoms with van der Waals surface area (Å²) in [4.78, 5) is 18.1. The zero-order valence-corrected chi connectivity index (χ0v) is 13.9. The molecule has 112 valence electrons. The molecule has 0 aliphatic heterocycles. The van der Waals surface area contributed by atoms with Crippen molar-refractivity contribution in [2.24, 2.45) is 0 Å². The fourth-order valence-corrected chi connectivity index (χ4v) is 4.08. The molecule has 0 amide bonds. The van der Waals surface area contributed by atoms with E-state index in [0.717, 1.165) is 31.5 Å². The quantitative estimate of drug-likeness (QED) is 0.511. The lowest BCUT2D eigenvalue weighted by molar-refractivity contribution is 1.09. The van der Waals surface area contributed by atoms with E-state index in [1.807, 2.05) is 48.7 Å². The fourth-order valence-electron chi connectivity index (χ4n) is 2.21. The van der Waals surface area contributed by atoms with Crippen LogP contribution in [-0.2, 0) is 0 Å². The van der Waals surface area contributed by atoms with E-state index in [-0.39, 0.29) is 0 Å². The summed E-state index contributed by atoms with van der Waals surface area (Å²) in [7, 11) is 0. The van der Waals surface area contributed by atoms with Crippen molar-refractivity contribution in [2.45, 2.75) is 16.3 Å². The van der Waals surface area contributed by atoms with Crippen molar-refractivity contribution in [1.29, 1.82) is 0 Å². The SMILES string of the molecule is Cc1csc(Sc2nc(-c3cccnc3)nc3ccccc23)n1. The molecule has 1 aromatic carbocycles. The fraction of sp³-hybridized carbons (Fsp3) is 0.0588. The van der Waals surface area contributed by atoms with Gasteiger partial charge < -0.3 is 0 Å². The number of rotatable bonds is 3. The van der Waals surface area contributed by atoms with Crippen LogP contribution < -0.4 is 0 Å². The van der Waals surface area contributed by atoms with E-state index < -0.39 is 0 Å². The van der Waals surface area contributed by atoms with Gasteiger partial charge in [-0.05, 0) is 36.9 Å². The van der Waals surface area contributed by atoms with Crippen LogP contribution in [0, 0.1) is 6.92 Å². The Morgan fingerprint density at radius 1 is 1.00 bits per heavy atom. The van der Waals surface area contributed by atoms with Crippen LogP contribution in [0.3, 0.4) is 0 Å². The maximum Gasteiger partial charge on any atom is 0.162 e. The molecule has 0 radical (unpaired) electrons. The van der Waals surface area contributed by atoms with Gasteiger partial charge in [-0.25, -0.2) is 15.0 Å². The summed E-state index contributed by atoms with van der Waals surface area (Å²) in [5, 5.41) is 4.01. The number of thiazole rings is 1. The number of para-hydroxylation sites is 1. The van der Waals surface area contributed by atoms with Gasteiger partial charge in [0.1, 0.15) is 5.03 Å². The average Bonchev–Trinajstić information content (AvgIpc) is 3.00. The minimum Gasteiger partial charge on any atom is -0.264 e. The maximum atomic E-state index is 4.75. The molecular formula is C17H12N4S2. The standard InChI is InChI=1S/C17H12N4S2/c1-11-10-22-17(19-11)23-16-13-6-2-3-7-14(13)20-15(21-16)12-5-4-8-18-9-12/h2-10H,1H3. The summed E-state index contributed by atoms with van der Waals surface area (Å²) >= 11 is 3.22. The molecule has 3 aromatic heterocycles. The molecule has 3 heterocycles. The normalized spacial score (nSPS) is 11.0. The molecule has 4 nitrogen and oxygen atoms in total. The van der Waals surface area contributed by atoms with E-state index >= 15 is 0 Å². The predicted octanol–water partition coefficient (Wildman–Crippen LogP) is 4.61. The molecule has 0 saturated carbocycles. The highest BCUT2D eigenvalue weighted by molar-refractivity contribution is 8.01. The monoisotopic (exact) mass is 336 g/mol. The van der Waals surface area contributed by atoms with Gasteiger partial charge in [-0.15, -0.1) is 11.3 Å². The second-order valence-electron chi connectivity index (χ2n) is 4.97. The van der Waals surface area contributed by atoms with E-state index in [1.165, 1.54) is 0 Å². The molecule has 0 saturated heterocycles. The van der Waals surface area contributed by atoms with Crippen molar-refractivity contribution < 1.29 is 0 Å². The zero-order chi connectivity index (χ0) is 15.6. The average molecular weight is 336 g/mol. The molecule has 4 rings (SSSR count). The Kier molecular flexibility index (Phi) is 3.77. The molecule has 0 aliphatic carbocycles. The third kappa shape index (κ3) is 2.95. The number of pyridine rings is 1. The van der Waals surface area contributed by atoms with Crippen LogP contribution in [0.1, 0.15) is 5.69 Å². The molecule has 0 spiro atoms. The highest BCUT2D eigenvalue weighted by Gasteiger charge is 2.12. The summed E-state index contributed by atoms with van der Waals surface area (Å²) in [5.74, 6) is 0.688. The molecule has 0 atom stereocenters. The number of hydrogen-bond donors (Lipinski definition) is 0. The lowest BCUT2D eigenvalue weighted by atomic mass is 10.2. The smallest absolute Gasteiger partial charge is 0.162 e. The minimum atomic E-state index is 0.688.